The van der Waals surface area contributed by atoms with E-state index in [1.807, 2.05) is 4.90 Å². The Morgan fingerprint density at radius 1 is 1.04 bits per heavy atom. The van der Waals surface area contributed by atoms with E-state index in [2.05, 4.69) is 10.4 Å². The Hall–Kier alpha value is -5.11. The molecule has 2 aliphatic rings. The van der Waals surface area contributed by atoms with E-state index in [4.69, 9.17) is 14.9 Å². The average Bonchev–Trinajstić information content (AvgIpc) is 3.46. The molecule has 0 saturated carbocycles. The summed E-state index contributed by atoms with van der Waals surface area (Å²) in [6.45, 7) is 4.95. The lowest BCUT2D eigenvalue weighted by molar-refractivity contribution is -0.384. The van der Waals surface area contributed by atoms with E-state index in [-0.39, 0.29) is 37.7 Å². The van der Waals surface area contributed by atoms with Crippen LogP contribution in [0.5, 0.6) is 0 Å². The molecule has 2 N–H and O–H groups in total. The Morgan fingerprint density at radius 3 is 2.40 bits per heavy atom. The van der Waals surface area contributed by atoms with Crippen molar-refractivity contribution >= 4 is 29.3 Å². The van der Waals surface area contributed by atoms with Crippen molar-refractivity contribution in [1.82, 2.24) is 24.9 Å². The predicted octanol–water partition coefficient (Wildman–Crippen LogP) is 1.94. The molecule has 5 rings (SSSR count). The first-order valence-corrected chi connectivity index (χ1v) is 14.8. The fourth-order valence-electron chi connectivity index (χ4n) is 5.38. The van der Waals surface area contributed by atoms with Crippen molar-refractivity contribution in [2.75, 3.05) is 39.5 Å². The van der Waals surface area contributed by atoms with Crippen LogP contribution in [0.2, 0.25) is 0 Å². The number of aromatic nitrogens is 2. The van der Waals surface area contributed by atoms with Gasteiger partial charge in [0.25, 0.3) is 11.6 Å². The number of fused-ring (bicyclic) bond motifs is 1. The molecule has 1 saturated heterocycles. The zero-order chi connectivity index (χ0) is 31.9. The lowest BCUT2D eigenvalue weighted by Gasteiger charge is -2.30. The molecule has 3 aromatic rings. The van der Waals surface area contributed by atoms with Gasteiger partial charge in [0.2, 0.25) is 5.91 Å². The number of rotatable bonds is 10. The van der Waals surface area contributed by atoms with Crippen LogP contribution < -0.4 is 5.32 Å². The molecule has 236 valence electrons. The number of carbonyl (C=O) groups excluding carboxylic acids is 3. The number of amidine groups is 1. The summed E-state index contributed by atoms with van der Waals surface area (Å²) in [5, 5.41) is 27.0. The largest absolute Gasteiger partial charge is 0.465 e. The molecule has 0 radical (unpaired) electrons. The van der Waals surface area contributed by atoms with Gasteiger partial charge in [-0.2, -0.15) is 5.10 Å². The van der Waals surface area contributed by atoms with Gasteiger partial charge in [-0.05, 0) is 24.6 Å². The van der Waals surface area contributed by atoms with Crippen LogP contribution >= 0.6 is 0 Å². The smallest absolute Gasteiger partial charge is 0.327 e. The van der Waals surface area contributed by atoms with E-state index in [0.717, 1.165) is 11.3 Å². The number of amides is 2. The van der Waals surface area contributed by atoms with Gasteiger partial charge in [0.1, 0.15) is 18.4 Å². The topological polar surface area (TPSA) is 173 Å². The minimum atomic E-state index is -0.957. The van der Waals surface area contributed by atoms with Crippen LogP contribution in [-0.4, -0.2) is 93.6 Å². The number of carbonyl (C=O) groups is 3. The highest BCUT2D eigenvalue weighted by molar-refractivity contribution is 6.00. The number of morpholine rings is 1. The number of nitro groups is 1. The molecule has 14 heteroatoms. The second-order valence-corrected chi connectivity index (χ2v) is 10.8. The SMILES string of the molecule is CCOC(=O)Cn1cc2c(n1)CCN(C(=O)[C@H](Cc1ccc([N+](=O)[O-])cc1)NC(=O)c1ccc(C(=N)N3CCOCC3)cc1)C2. The van der Waals surface area contributed by atoms with Crippen molar-refractivity contribution in [2.24, 2.45) is 0 Å². The summed E-state index contributed by atoms with van der Waals surface area (Å²) in [6, 6.07) is 11.6. The quantitative estimate of drug-likeness (QED) is 0.113. The van der Waals surface area contributed by atoms with Gasteiger partial charge in [0.15, 0.2) is 0 Å². The molecule has 2 amide bonds. The van der Waals surface area contributed by atoms with Crippen molar-refractivity contribution in [3.63, 3.8) is 0 Å². The van der Waals surface area contributed by atoms with Gasteiger partial charge in [-0.1, -0.05) is 24.3 Å². The maximum atomic E-state index is 13.9. The number of nitro benzene ring substituents is 1. The zero-order valence-corrected chi connectivity index (χ0v) is 24.9. The first kappa shape index (κ1) is 31.3. The van der Waals surface area contributed by atoms with Crippen molar-refractivity contribution in [1.29, 1.82) is 5.41 Å². The van der Waals surface area contributed by atoms with Crippen LogP contribution in [0.1, 0.15) is 39.7 Å². The van der Waals surface area contributed by atoms with Gasteiger partial charge in [-0.15, -0.1) is 0 Å². The summed E-state index contributed by atoms with van der Waals surface area (Å²) >= 11 is 0. The molecule has 1 fully saturated rings. The van der Waals surface area contributed by atoms with E-state index in [0.29, 0.717) is 61.8 Å². The van der Waals surface area contributed by atoms with Crippen molar-refractivity contribution in [3.8, 4) is 0 Å². The third-order valence-corrected chi connectivity index (χ3v) is 7.75. The zero-order valence-electron chi connectivity index (χ0n) is 24.9. The van der Waals surface area contributed by atoms with Crippen LogP contribution in [0.3, 0.4) is 0 Å². The minimum absolute atomic E-state index is 0.0294. The van der Waals surface area contributed by atoms with Crippen LogP contribution in [0.4, 0.5) is 5.69 Å². The third-order valence-electron chi connectivity index (χ3n) is 7.75. The van der Waals surface area contributed by atoms with E-state index in [1.54, 1.807) is 54.4 Å². The van der Waals surface area contributed by atoms with Crippen molar-refractivity contribution in [2.45, 2.75) is 38.9 Å². The monoisotopic (exact) mass is 617 g/mol. The Balaban J connectivity index is 1.31. The van der Waals surface area contributed by atoms with Crippen LogP contribution in [0.15, 0.2) is 54.7 Å². The molecule has 1 aromatic heterocycles. The molecular formula is C31H35N7O7. The number of ether oxygens (including phenoxy) is 2. The molecule has 14 nitrogen and oxygen atoms in total. The average molecular weight is 618 g/mol. The molecule has 0 bridgehead atoms. The Bertz CT molecular complexity index is 1560. The molecule has 0 spiro atoms. The fourth-order valence-corrected chi connectivity index (χ4v) is 5.38. The van der Waals surface area contributed by atoms with Gasteiger partial charge in [0, 0.05) is 74.0 Å². The number of nitrogens with zero attached hydrogens (tertiary/aromatic N) is 5. The first-order chi connectivity index (χ1) is 21.7. The molecule has 0 aliphatic carbocycles. The minimum Gasteiger partial charge on any atom is -0.465 e. The summed E-state index contributed by atoms with van der Waals surface area (Å²) in [4.78, 5) is 53.4. The standard InChI is InChI=1S/C31H35N7O7/c1-2-45-28(39)20-37-19-24-18-36(12-11-26(24)34-37)31(41)27(17-21-3-9-25(10-4-21)38(42)43)33-30(40)23-7-5-22(6-8-23)29(32)35-13-15-44-16-14-35/h3-10,19,27,32H,2,11-18,20H2,1H3,(H,33,40)/t27-/m0/s1. The lowest BCUT2D eigenvalue weighted by atomic mass is 10.0. The van der Waals surface area contributed by atoms with Gasteiger partial charge >= 0.3 is 5.97 Å². The Kier molecular flexibility index (Phi) is 9.82. The molecule has 45 heavy (non-hydrogen) atoms. The molecule has 0 unspecified atom stereocenters. The fraction of sp³-hybridized carbons (Fsp3) is 0.387. The van der Waals surface area contributed by atoms with Crippen LogP contribution in [-0.2, 0) is 45.0 Å². The number of benzene rings is 2. The van der Waals surface area contributed by atoms with E-state index >= 15 is 0 Å². The second kappa shape index (κ2) is 14.1. The summed E-state index contributed by atoms with van der Waals surface area (Å²) in [5.41, 5.74) is 3.17. The summed E-state index contributed by atoms with van der Waals surface area (Å²) in [5.74, 6) is -0.815. The Labute approximate surface area is 259 Å². The van der Waals surface area contributed by atoms with Gasteiger partial charge < -0.3 is 24.6 Å². The summed E-state index contributed by atoms with van der Waals surface area (Å²) in [6.07, 6.45) is 2.32. The molecule has 2 aliphatic heterocycles. The summed E-state index contributed by atoms with van der Waals surface area (Å²) in [7, 11) is 0. The van der Waals surface area contributed by atoms with Crippen molar-refractivity contribution in [3.05, 3.63) is 92.8 Å². The van der Waals surface area contributed by atoms with Gasteiger partial charge in [0.05, 0.1) is 30.4 Å². The number of hydrogen-bond acceptors (Lipinski definition) is 9. The van der Waals surface area contributed by atoms with E-state index in [1.165, 1.54) is 16.8 Å². The van der Waals surface area contributed by atoms with Crippen LogP contribution in [0, 0.1) is 15.5 Å². The van der Waals surface area contributed by atoms with Crippen LogP contribution in [0.25, 0.3) is 0 Å². The lowest BCUT2D eigenvalue weighted by Crippen LogP contribution is -2.50. The normalized spacial score (nSPS) is 15.1. The molecule has 1 atom stereocenters. The summed E-state index contributed by atoms with van der Waals surface area (Å²) < 4.78 is 11.9. The first-order valence-electron chi connectivity index (χ1n) is 14.8. The highest BCUT2D eigenvalue weighted by Gasteiger charge is 2.31. The number of esters is 1. The Morgan fingerprint density at radius 2 is 1.73 bits per heavy atom. The molecular weight excluding hydrogens is 582 g/mol. The molecule has 2 aromatic carbocycles. The van der Waals surface area contributed by atoms with Crippen molar-refractivity contribution < 1.29 is 28.8 Å². The predicted molar refractivity (Wildman–Crippen MR) is 162 cm³/mol. The third kappa shape index (κ3) is 7.70. The number of non-ortho nitro benzene ring substituents is 1. The van der Waals surface area contributed by atoms with E-state index in [9.17, 15) is 24.5 Å². The van der Waals surface area contributed by atoms with Gasteiger partial charge in [-0.3, -0.25) is 34.6 Å². The second-order valence-electron chi connectivity index (χ2n) is 10.8. The van der Waals surface area contributed by atoms with Gasteiger partial charge in [-0.25, -0.2) is 0 Å². The number of nitrogens with one attached hydrogen (secondary N) is 2. The molecule has 3 heterocycles. The number of hydrogen-bond donors (Lipinski definition) is 2. The van der Waals surface area contributed by atoms with E-state index < -0.39 is 22.8 Å². The maximum Gasteiger partial charge on any atom is 0.327 e. The highest BCUT2D eigenvalue weighted by Crippen LogP contribution is 2.21. The maximum absolute atomic E-state index is 13.9. The highest BCUT2D eigenvalue weighted by atomic mass is 16.6.